The quantitative estimate of drug-likeness (QED) is 0.0636. The molecule has 0 bridgehead atoms. The van der Waals surface area contributed by atoms with E-state index >= 15 is 0 Å². The van der Waals surface area contributed by atoms with Crippen molar-refractivity contribution in [1.82, 2.24) is 0 Å². The summed E-state index contributed by atoms with van der Waals surface area (Å²) in [6, 6.07) is 0. The molecule has 0 fully saturated rings. The summed E-state index contributed by atoms with van der Waals surface area (Å²) in [5, 5.41) is 0. The van der Waals surface area contributed by atoms with Crippen LogP contribution in [0, 0.1) is 0 Å². The number of unbranched alkanes of at least 4 members (excludes halogenated alkanes) is 20. The Hall–Kier alpha value is 1.42. The van der Waals surface area contributed by atoms with Gasteiger partial charge in [0, 0.05) is 13.2 Å². The summed E-state index contributed by atoms with van der Waals surface area (Å²) in [5.74, 6) is 0. The Morgan fingerprint density at radius 3 is 0.771 bits per heavy atom. The molecule has 6 nitrogen and oxygen atoms in total. The second-order valence-electron chi connectivity index (χ2n) is 9.18. The molecule has 0 N–H and O–H groups in total. The average molecular weight is 643 g/mol. The van der Waals surface area contributed by atoms with E-state index in [0.29, 0.717) is 13.2 Å². The molecule has 0 saturated heterocycles. The molecule has 0 aromatic carbocycles. The average Bonchev–Trinajstić information content (AvgIpc) is 2.80. The van der Waals surface area contributed by atoms with Gasteiger partial charge in [0.2, 0.25) is 0 Å². The van der Waals surface area contributed by atoms with Gasteiger partial charge in [0.1, 0.15) is 0 Å². The second-order valence-corrected chi connectivity index (χ2v) is 10.6. The first-order valence-corrected chi connectivity index (χ1v) is 16.3. The maximum absolute atomic E-state index is 10.1. The van der Waals surface area contributed by atoms with Crippen LogP contribution in [0.4, 0.5) is 0 Å². The first-order chi connectivity index (χ1) is 16.5. The first-order valence-electron chi connectivity index (χ1n) is 14.1. The van der Waals surface area contributed by atoms with Crippen molar-refractivity contribution in [2.75, 3.05) is 13.2 Å². The fourth-order valence-electron chi connectivity index (χ4n) is 3.81. The number of hydrogen-bond donors (Lipinski definition) is 0. The summed E-state index contributed by atoms with van der Waals surface area (Å²) < 4.78 is 8.96. The molecule has 0 amide bonds. The van der Waals surface area contributed by atoms with Gasteiger partial charge in [-0.3, -0.25) is 0 Å². The van der Waals surface area contributed by atoms with Crippen LogP contribution in [0.2, 0.25) is 0 Å². The molecule has 0 aromatic rings. The zero-order valence-electron chi connectivity index (χ0n) is 22.8. The third-order valence-electron chi connectivity index (χ3n) is 5.89. The van der Waals surface area contributed by atoms with Crippen molar-refractivity contribution in [2.45, 2.75) is 155 Å². The van der Waals surface area contributed by atoms with E-state index in [4.69, 9.17) is 0 Å². The van der Waals surface area contributed by atoms with Gasteiger partial charge < -0.3 is 28.6 Å². The van der Waals surface area contributed by atoms with E-state index in [0.717, 1.165) is 25.7 Å². The van der Waals surface area contributed by atoms with Crippen molar-refractivity contribution >= 4 is 41.1 Å². The van der Waals surface area contributed by atoms with Crippen molar-refractivity contribution in [3.05, 3.63) is 0 Å². The van der Waals surface area contributed by atoms with Gasteiger partial charge in [-0.2, -0.15) is 17.2 Å². The van der Waals surface area contributed by atoms with Crippen LogP contribution in [0.1, 0.15) is 155 Å². The zero-order valence-corrected chi connectivity index (χ0v) is 27.5. The predicted octanol–water partition coefficient (Wildman–Crippen LogP) is 6.14. The normalized spacial score (nSPS) is 11.0. The molecule has 0 atom stereocenters. The van der Waals surface area contributed by atoms with Crippen LogP contribution in [0.3, 0.4) is 0 Å². The summed E-state index contributed by atoms with van der Waals surface area (Å²) in [5.41, 5.74) is 0. The van der Waals surface area contributed by atoms with Crippen molar-refractivity contribution in [2.24, 2.45) is 0 Å². The Morgan fingerprint density at radius 2 is 0.571 bits per heavy atom. The number of hydrogen-bond acceptors (Lipinski definition) is 6. The second kappa shape index (κ2) is 37.6. The van der Waals surface area contributed by atoms with Crippen LogP contribution in [0.15, 0.2) is 0 Å². The maximum atomic E-state index is 10.1. The van der Waals surface area contributed by atoms with E-state index in [2.05, 4.69) is 22.9 Å². The van der Waals surface area contributed by atoms with E-state index in [1.54, 1.807) is 0 Å². The van der Waals surface area contributed by atoms with Gasteiger partial charge >= 0.3 is 23.9 Å². The van der Waals surface area contributed by atoms with Crippen LogP contribution in [-0.4, -0.2) is 37.1 Å². The van der Waals surface area contributed by atoms with Crippen LogP contribution in [-0.2, 0) is 9.05 Å². The standard InChI is InChI=1S/2C13H27O3P.Sn/c2*1-2-3-4-5-6-7-8-9-10-11-12-13-16-17(14)15;/h2*2-13H2,1H3;/q2*-2;+4. The number of rotatable bonds is 26. The van der Waals surface area contributed by atoms with Crippen LogP contribution in [0.25, 0.3) is 0 Å². The van der Waals surface area contributed by atoms with Gasteiger partial charge in [-0.05, 0) is 12.8 Å². The molecule has 208 valence electrons. The minimum Gasteiger partial charge on any atom is -0.820 e. The molecule has 0 aliphatic carbocycles. The molecule has 0 aliphatic rings. The molecule has 35 heavy (non-hydrogen) atoms. The summed E-state index contributed by atoms with van der Waals surface area (Å²) in [7, 11) is -5.28. The molecule has 0 spiro atoms. The Labute approximate surface area is 237 Å². The molecular formula is C26H54O6P2Sn. The maximum Gasteiger partial charge on any atom is 4.00 e. The van der Waals surface area contributed by atoms with E-state index in [-0.39, 0.29) is 23.9 Å². The first kappa shape index (κ1) is 40.9. The SMILES string of the molecule is CCCCCCCCCCCCCOP([O-])[O-].CCCCCCCCCCCCCOP([O-])[O-].[Sn+4]. The molecule has 0 saturated carbocycles. The summed E-state index contributed by atoms with van der Waals surface area (Å²) >= 11 is 0. The Bertz CT molecular complexity index is 324. The van der Waals surface area contributed by atoms with E-state index in [1.807, 2.05) is 0 Å². The van der Waals surface area contributed by atoms with E-state index in [9.17, 15) is 19.6 Å². The minimum absolute atomic E-state index is 0. The van der Waals surface area contributed by atoms with Gasteiger partial charge in [-0.25, -0.2) is 0 Å². The van der Waals surface area contributed by atoms with Crippen LogP contribution < -0.4 is 19.6 Å². The van der Waals surface area contributed by atoms with Gasteiger partial charge in [0.25, 0.3) is 0 Å². The Balaban J connectivity index is -0.000000569. The van der Waals surface area contributed by atoms with Crippen molar-refractivity contribution in [3.8, 4) is 0 Å². The van der Waals surface area contributed by atoms with Crippen LogP contribution >= 0.6 is 17.2 Å². The molecule has 9 heteroatoms. The fourth-order valence-corrected chi connectivity index (χ4v) is 4.37. The van der Waals surface area contributed by atoms with Gasteiger partial charge in [0.15, 0.2) is 0 Å². The van der Waals surface area contributed by atoms with Crippen molar-refractivity contribution in [1.29, 1.82) is 0 Å². The Morgan fingerprint density at radius 1 is 0.371 bits per heavy atom. The van der Waals surface area contributed by atoms with E-state index < -0.39 is 17.2 Å². The molecule has 0 radical (unpaired) electrons. The summed E-state index contributed by atoms with van der Waals surface area (Å²) in [4.78, 5) is 40.4. The minimum atomic E-state index is -2.64. The Kier molecular flexibility index (Phi) is 43.9. The van der Waals surface area contributed by atoms with Gasteiger partial charge in [-0.15, -0.1) is 0 Å². The predicted molar refractivity (Wildman–Crippen MR) is 144 cm³/mol. The van der Waals surface area contributed by atoms with Crippen molar-refractivity contribution < 1.29 is 28.6 Å². The van der Waals surface area contributed by atoms with Crippen molar-refractivity contribution in [3.63, 3.8) is 0 Å². The zero-order chi connectivity index (χ0) is 25.5. The third kappa shape index (κ3) is 45.7. The van der Waals surface area contributed by atoms with E-state index in [1.165, 1.54) is 116 Å². The topological polar surface area (TPSA) is 111 Å². The molecule has 0 aliphatic heterocycles. The molecule has 0 heterocycles. The van der Waals surface area contributed by atoms with Gasteiger partial charge in [0.05, 0.1) is 0 Å². The molecular weight excluding hydrogens is 589 g/mol. The molecule has 0 rings (SSSR count). The monoisotopic (exact) mass is 644 g/mol. The smallest absolute Gasteiger partial charge is 0.820 e. The van der Waals surface area contributed by atoms with Crippen LogP contribution in [0.5, 0.6) is 0 Å². The van der Waals surface area contributed by atoms with Gasteiger partial charge in [-0.1, -0.05) is 142 Å². The summed E-state index contributed by atoms with van der Waals surface area (Å²) in [6.45, 7) is 5.20. The third-order valence-corrected chi connectivity index (χ3v) is 6.68. The molecule has 0 unspecified atom stereocenters. The molecule has 0 aromatic heterocycles. The largest absolute Gasteiger partial charge is 4.00 e. The fraction of sp³-hybridized carbons (Fsp3) is 1.00. The summed E-state index contributed by atoms with van der Waals surface area (Å²) in [6.07, 6.45) is 27.9.